The van der Waals surface area contributed by atoms with Crippen molar-refractivity contribution in [2.45, 2.75) is 31.3 Å². The molecule has 1 heterocycles. The van der Waals surface area contributed by atoms with E-state index >= 15 is 0 Å². The smallest absolute Gasteiger partial charge is 0.326 e. The minimum atomic E-state index is -0.955. The van der Waals surface area contributed by atoms with Crippen molar-refractivity contribution in [2.75, 3.05) is 38.2 Å². The van der Waals surface area contributed by atoms with Crippen LogP contribution in [0.5, 0.6) is 0 Å². The lowest BCUT2D eigenvalue weighted by Gasteiger charge is -2.35. The van der Waals surface area contributed by atoms with Gasteiger partial charge in [0.05, 0.1) is 0 Å². The predicted molar refractivity (Wildman–Crippen MR) is 79.1 cm³/mol. The number of nitrogens with one attached hydrogen (secondary N) is 1. The van der Waals surface area contributed by atoms with Crippen LogP contribution in [0.4, 0.5) is 4.79 Å². The summed E-state index contributed by atoms with van der Waals surface area (Å²) in [5, 5.41) is 11.8. The number of hydrogen-bond donors (Lipinski definition) is 2. The lowest BCUT2D eigenvalue weighted by Crippen LogP contribution is -2.55. The van der Waals surface area contributed by atoms with Gasteiger partial charge in [0.15, 0.2) is 0 Å². The summed E-state index contributed by atoms with van der Waals surface area (Å²) in [4.78, 5) is 27.4. The number of carbonyl (C=O) groups is 2. The molecule has 6 nitrogen and oxygen atoms in total. The van der Waals surface area contributed by atoms with E-state index in [4.69, 9.17) is 5.11 Å². The number of urea groups is 1. The topological polar surface area (TPSA) is 72.9 Å². The number of rotatable bonds is 6. The molecule has 2 aliphatic rings. The lowest BCUT2D eigenvalue weighted by molar-refractivity contribution is -0.139. The molecule has 1 saturated heterocycles. The Labute approximate surface area is 123 Å². The molecule has 20 heavy (non-hydrogen) atoms. The summed E-state index contributed by atoms with van der Waals surface area (Å²) in [6, 6.07) is -0.293. The maximum Gasteiger partial charge on any atom is 0.326 e. The first-order chi connectivity index (χ1) is 9.61. The van der Waals surface area contributed by atoms with Crippen molar-refractivity contribution in [1.29, 1.82) is 0 Å². The summed E-state index contributed by atoms with van der Waals surface area (Å²) in [6.07, 6.45) is 4.95. The number of carboxylic acid groups (broad SMARTS) is 1. The molecule has 1 unspecified atom stereocenters. The second kappa shape index (κ2) is 7.17. The van der Waals surface area contributed by atoms with Crippen LogP contribution in [0.25, 0.3) is 0 Å². The zero-order valence-electron chi connectivity index (χ0n) is 11.9. The highest BCUT2D eigenvalue weighted by Gasteiger charge is 2.32. The van der Waals surface area contributed by atoms with Crippen LogP contribution in [0.1, 0.15) is 19.3 Å². The van der Waals surface area contributed by atoms with E-state index in [2.05, 4.69) is 10.2 Å². The molecule has 1 atom stereocenters. The second-order valence-electron chi connectivity index (χ2n) is 5.38. The quantitative estimate of drug-likeness (QED) is 0.755. The van der Waals surface area contributed by atoms with Gasteiger partial charge < -0.3 is 15.3 Å². The fourth-order valence-corrected chi connectivity index (χ4v) is 2.93. The monoisotopic (exact) mass is 301 g/mol. The van der Waals surface area contributed by atoms with Gasteiger partial charge in [0.1, 0.15) is 6.04 Å². The number of aliphatic carboxylic acids is 1. The first-order valence-electron chi connectivity index (χ1n) is 7.13. The zero-order chi connectivity index (χ0) is 14.5. The molecule has 0 aromatic carbocycles. The van der Waals surface area contributed by atoms with Gasteiger partial charge in [-0.05, 0) is 31.3 Å². The lowest BCUT2D eigenvalue weighted by atomic mass is 10.2. The summed E-state index contributed by atoms with van der Waals surface area (Å²) in [6.45, 7) is 3.19. The minimum Gasteiger partial charge on any atom is -0.480 e. The molecule has 7 heteroatoms. The van der Waals surface area contributed by atoms with Gasteiger partial charge in [-0.25, -0.2) is 9.59 Å². The number of hydrogen-bond acceptors (Lipinski definition) is 4. The van der Waals surface area contributed by atoms with Crippen molar-refractivity contribution in [3.05, 3.63) is 0 Å². The summed E-state index contributed by atoms with van der Waals surface area (Å²) < 4.78 is 0. The number of thioether (sulfide) groups is 1. The van der Waals surface area contributed by atoms with E-state index in [1.54, 1.807) is 16.7 Å². The zero-order valence-corrected chi connectivity index (χ0v) is 12.7. The Morgan fingerprint density at radius 3 is 2.45 bits per heavy atom. The Balaban J connectivity index is 1.76. The molecule has 0 aromatic heterocycles. The minimum absolute atomic E-state index is 0.242. The number of amides is 2. The van der Waals surface area contributed by atoms with Crippen molar-refractivity contribution in [2.24, 2.45) is 0 Å². The van der Waals surface area contributed by atoms with E-state index in [1.165, 1.54) is 12.8 Å². The van der Waals surface area contributed by atoms with Crippen LogP contribution in [0.15, 0.2) is 0 Å². The Morgan fingerprint density at radius 2 is 1.95 bits per heavy atom. The molecule has 0 radical (unpaired) electrons. The summed E-state index contributed by atoms with van der Waals surface area (Å²) in [5.41, 5.74) is 0. The SMILES string of the molecule is CSCCC(NC(=O)N1CCN(C2CC2)CC1)C(=O)O. The summed E-state index contributed by atoms with van der Waals surface area (Å²) in [7, 11) is 0. The molecule has 1 aliphatic heterocycles. The standard InChI is InChI=1S/C13H23N3O3S/c1-20-9-4-11(12(17)18)14-13(19)16-7-5-15(6-8-16)10-2-3-10/h10-11H,2-9H2,1H3,(H,14,19)(H,17,18). The second-order valence-corrected chi connectivity index (χ2v) is 6.36. The fraction of sp³-hybridized carbons (Fsp3) is 0.846. The van der Waals surface area contributed by atoms with E-state index in [1.807, 2.05) is 6.26 Å². The fourth-order valence-electron chi connectivity index (χ4n) is 2.46. The first kappa shape index (κ1) is 15.4. The van der Waals surface area contributed by atoms with E-state index in [0.29, 0.717) is 19.5 Å². The van der Waals surface area contributed by atoms with Gasteiger partial charge in [-0.2, -0.15) is 11.8 Å². The average molecular weight is 301 g/mol. The Morgan fingerprint density at radius 1 is 1.30 bits per heavy atom. The van der Waals surface area contributed by atoms with Gasteiger partial charge >= 0.3 is 12.0 Å². The number of carbonyl (C=O) groups excluding carboxylic acids is 1. The third-order valence-electron chi connectivity index (χ3n) is 3.87. The number of carboxylic acids is 1. The molecule has 1 aliphatic carbocycles. The summed E-state index contributed by atoms with van der Waals surface area (Å²) in [5.74, 6) is -0.226. The van der Waals surface area contributed by atoms with Crippen molar-refractivity contribution in [3.63, 3.8) is 0 Å². The molecule has 0 bridgehead atoms. The molecule has 1 saturated carbocycles. The maximum atomic E-state index is 12.1. The molecule has 0 aromatic rings. The van der Waals surface area contributed by atoms with Crippen LogP contribution in [0, 0.1) is 0 Å². The summed E-state index contributed by atoms with van der Waals surface area (Å²) >= 11 is 1.59. The maximum absolute atomic E-state index is 12.1. The Hall–Kier alpha value is -0.950. The predicted octanol–water partition coefficient (Wildman–Crippen LogP) is 0.682. The number of piperazine rings is 1. The highest BCUT2D eigenvalue weighted by atomic mass is 32.2. The van der Waals surface area contributed by atoms with Gasteiger partial charge in [-0.15, -0.1) is 0 Å². The molecule has 2 N–H and O–H groups in total. The van der Waals surface area contributed by atoms with Crippen LogP contribution in [0.3, 0.4) is 0 Å². The average Bonchev–Trinajstić information content (AvgIpc) is 3.27. The van der Waals surface area contributed by atoms with Crippen molar-refractivity contribution in [1.82, 2.24) is 15.1 Å². The van der Waals surface area contributed by atoms with E-state index in [9.17, 15) is 9.59 Å². The van der Waals surface area contributed by atoms with Crippen LogP contribution in [0.2, 0.25) is 0 Å². The largest absolute Gasteiger partial charge is 0.480 e. The molecular weight excluding hydrogens is 278 g/mol. The molecule has 2 rings (SSSR count). The molecule has 114 valence electrons. The van der Waals surface area contributed by atoms with Gasteiger partial charge in [0, 0.05) is 32.2 Å². The van der Waals surface area contributed by atoms with Crippen LogP contribution < -0.4 is 5.32 Å². The normalized spacial score (nSPS) is 21.6. The van der Waals surface area contributed by atoms with Gasteiger partial charge in [0.25, 0.3) is 0 Å². The third kappa shape index (κ3) is 4.28. The molecule has 0 spiro atoms. The van der Waals surface area contributed by atoms with Gasteiger partial charge in [-0.3, -0.25) is 4.90 Å². The van der Waals surface area contributed by atoms with E-state index in [-0.39, 0.29) is 6.03 Å². The van der Waals surface area contributed by atoms with Crippen molar-refractivity contribution >= 4 is 23.8 Å². The first-order valence-corrected chi connectivity index (χ1v) is 8.52. The van der Waals surface area contributed by atoms with Gasteiger partial charge in [0.2, 0.25) is 0 Å². The van der Waals surface area contributed by atoms with E-state index in [0.717, 1.165) is 24.9 Å². The van der Waals surface area contributed by atoms with Crippen molar-refractivity contribution in [3.8, 4) is 0 Å². The van der Waals surface area contributed by atoms with Gasteiger partial charge in [-0.1, -0.05) is 0 Å². The molecular formula is C13H23N3O3S. The Bertz CT molecular complexity index is 355. The van der Waals surface area contributed by atoms with Crippen molar-refractivity contribution < 1.29 is 14.7 Å². The number of nitrogens with zero attached hydrogens (tertiary/aromatic N) is 2. The third-order valence-corrected chi connectivity index (χ3v) is 4.52. The van der Waals surface area contributed by atoms with Crippen LogP contribution >= 0.6 is 11.8 Å². The van der Waals surface area contributed by atoms with Crippen LogP contribution in [-0.4, -0.2) is 77.2 Å². The van der Waals surface area contributed by atoms with E-state index < -0.39 is 12.0 Å². The highest BCUT2D eigenvalue weighted by molar-refractivity contribution is 7.98. The molecule has 2 fully saturated rings. The van der Waals surface area contributed by atoms with Crippen LogP contribution in [-0.2, 0) is 4.79 Å². The molecule has 2 amide bonds. The highest BCUT2D eigenvalue weighted by Crippen LogP contribution is 2.27. The Kier molecular flexibility index (Phi) is 5.54.